The molecular weight excluding hydrogens is 260 g/mol. The van der Waals surface area contributed by atoms with Gasteiger partial charge in [-0.2, -0.15) is 0 Å². The minimum Gasteiger partial charge on any atom is -0.345 e. The van der Waals surface area contributed by atoms with Crippen LogP contribution in [0.3, 0.4) is 0 Å². The van der Waals surface area contributed by atoms with Gasteiger partial charge in [0.05, 0.1) is 6.61 Å². The van der Waals surface area contributed by atoms with Crippen molar-refractivity contribution in [3.05, 3.63) is 35.9 Å². The van der Waals surface area contributed by atoms with Crippen LogP contribution in [0.4, 0.5) is 0 Å². The third kappa shape index (κ3) is 2.62. The van der Waals surface area contributed by atoms with E-state index in [4.69, 9.17) is 18.9 Å². The van der Waals surface area contributed by atoms with Gasteiger partial charge in [-0.1, -0.05) is 30.3 Å². The van der Waals surface area contributed by atoms with Gasteiger partial charge in [0.15, 0.2) is 18.4 Å². The van der Waals surface area contributed by atoms with Crippen LogP contribution in [-0.2, 0) is 30.3 Å². The predicted octanol–water partition coefficient (Wildman–Crippen LogP) is 1.65. The lowest BCUT2D eigenvalue weighted by molar-refractivity contribution is -0.232. The molecule has 0 unspecified atom stereocenters. The molecule has 0 N–H and O–H groups in total. The zero-order valence-electron chi connectivity index (χ0n) is 11.5. The van der Waals surface area contributed by atoms with Crippen molar-refractivity contribution >= 4 is 6.29 Å². The predicted molar refractivity (Wildman–Crippen MR) is 69.8 cm³/mol. The second-order valence-corrected chi connectivity index (χ2v) is 5.47. The van der Waals surface area contributed by atoms with Crippen molar-refractivity contribution in [1.29, 1.82) is 0 Å². The molecule has 2 fully saturated rings. The van der Waals surface area contributed by atoms with Gasteiger partial charge in [0, 0.05) is 0 Å². The van der Waals surface area contributed by atoms with E-state index in [2.05, 4.69) is 0 Å². The fraction of sp³-hybridized carbons (Fsp3) is 0.533. The van der Waals surface area contributed by atoms with E-state index in [0.29, 0.717) is 6.61 Å². The molecule has 0 radical (unpaired) electrons. The number of benzene rings is 1. The summed E-state index contributed by atoms with van der Waals surface area (Å²) in [5.41, 5.74) is 1.04. The maximum atomic E-state index is 11.1. The van der Waals surface area contributed by atoms with Gasteiger partial charge in [-0.3, -0.25) is 0 Å². The maximum Gasteiger partial charge on any atom is 0.187 e. The van der Waals surface area contributed by atoms with E-state index >= 15 is 0 Å². The molecule has 5 heteroatoms. The highest BCUT2D eigenvalue weighted by molar-refractivity contribution is 5.58. The average molecular weight is 278 g/mol. The molecule has 0 aliphatic carbocycles. The van der Waals surface area contributed by atoms with Crippen molar-refractivity contribution in [2.45, 2.75) is 50.8 Å². The van der Waals surface area contributed by atoms with E-state index in [1.807, 2.05) is 44.2 Å². The average Bonchev–Trinajstić information content (AvgIpc) is 2.91. The van der Waals surface area contributed by atoms with Crippen LogP contribution in [0.2, 0.25) is 0 Å². The largest absolute Gasteiger partial charge is 0.345 e. The Hall–Kier alpha value is -1.27. The lowest BCUT2D eigenvalue weighted by Crippen LogP contribution is -2.31. The van der Waals surface area contributed by atoms with Crippen molar-refractivity contribution in [2.75, 3.05) is 0 Å². The minimum absolute atomic E-state index is 0.371. The number of rotatable bonds is 4. The lowest BCUT2D eigenvalue weighted by atomic mass is 10.1. The van der Waals surface area contributed by atoms with Gasteiger partial charge in [-0.05, 0) is 19.4 Å². The molecule has 20 heavy (non-hydrogen) atoms. The molecule has 108 valence electrons. The molecule has 0 bridgehead atoms. The van der Waals surface area contributed by atoms with Crippen LogP contribution in [-0.4, -0.2) is 36.7 Å². The number of fused-ring (bicyclic) bond motifs is 1. The van der Waals surface area contributed by atoms with Crippen molar-refractivity contribution in [3.8, 4) is 0 Å². The van der Waals surface area contributed by atoms with Crippen LogP contribution in [0.1, 0.15) is 19.4 Å². The zero-order valence-corrected chi connectivity index (χ0v) is 11.5. The summed E-state index contributed by atoms with van der Waals surface area (Å²) in [4.78, 5) is 11.1. The van der Waals surface area contributed by atoms with E-state index in [0.717, 1.165) is 11.8 Å². The summed E-state index contributed by atoms with van der Waals surface area (Å²) in [7, 11) is 0. The summed E-state index contributed by atoms with van der Waals surface area (Å²) in [6.45, 7) is 4.05. The fourth-order valence-corrected chi connectivity index (χ4v) is 2.59. The monoisotopic (exact) mass is 278 g/mol. The molecule has 2 saturated heterocycles. The van der Waals surface area contributed by atoms with Crippen LogP contribution in [0.25, 0.3) is 0 Å². The summed E-state index contributed by atoms with van der Waals surface area (Å²) in [6, 6.07) is 9.79. The zero-order chi connectivity index (χ0) is 14.2. The first-order valence-electron chi connectivity index (χ1n) is 6.71. The third-order valence-corrected chi connectivity index (χ3v) is 3.44. The number of hydrogen-bond acceptors (Lipinski definition) is 5. The lowest BCUT2D eigenvalue weighted by Gasteiger charge is -2.22. The number of ether oxygens (including phenoxy) is 4. The van der Waals surface area contributed by atoms with E-state index in [1.165, 1.54) is 0 Å². The molecule has 2 aliphatic rings. The summed E-state index contributed by atoms with van der Waals surface area (Å²) in [5, 5.41) is 0. The molecule has 0 amide bonds. The minimum atomic E-state index is -0.714. The number of carbonyl (C=O) groups is 1. The molecular formula is C15H18O5. The first-order valence-corrected chi connectivity index (χ1v) is 6.71. The molecule has 1 aromatic carbocycles. The van der Waals surface area contributed by atoms with E-state index in [-0.39, 0.29) is 6.10 Å². The summed E-state index contributed by atoms with van der Waals surface area (Å²) in [6.07, 6.45) is -1.25. The van der Waals surface area contributed by atoms with Crippen molar-refractivity contribution in [3.63, 3.8) is 0 Å². The van der Waals surface area contributed by atoms with Gasteiger partial charge >= 0.3 is 0 Å². The van der Waals surface area contributed by atoms with Crippen molar-refractivity contribution < 1.29 is 23.7 Å². The van der Waals surface area contributed by atoms with Crippen LogP contribution in [0, 0.1) is 0 Å². The Balaban J connectivity index is 1.66. The highest BCUT2D eigenvalue weighted by Gasteiger charge is 2.55. The molecule has 0 saturated carbocycles. The Morgan fingerprint density at radius 3 is 2.60 bits per heavy atom. The first-order chi connectivity index (χ1) is 9.59. The van der Waals surface area contributed by atoms with Crippen LogP contribution in [0.15, 0.2) is 30.3 Å². The molecule has 0 spiro atoms. The Labute approximate surface area is 117 Å². The Bertz CT molecular complexity index is 472. The van der Waals surface area contributed by atoms with Crippen molar-refractivity contribution in [2.24, 2.45) is 0 Å². The molecule has 2 heterocycles. The number of aldehydes is 1. The van der Waals surface area contributed by atoms with Crippen LogP contribution in [0.5, 0.6) is 0 Å². The molecule has 4 atom stereocenters. The fourth-order valence-electron chi connectivity index (χ4n) is 2.59. The standard InChI is InChI=1S/C15H18O5/c1-15(2)19-12-11(8-16)18-14(13(12)20-15)17-9-10-6-4-3-5-7-10/h3-8,11-14H,9H2,1-2H3/t11-,12+,13-,14+/m1/s1. The molecule has 0 aromatic heterocycles. The molecule has 3 rings (SSSR count). The highest BCUT2D eigenvalue weighted by atomic mass is 16.8. The third-order valence-electron chi connectivity index (χ3n) is 3.44. The summed E-state index contributed by atoms with van der Waals surface area (Å²) >= 11 is 0. The summed E-state index contributed by atoms with van der Waals surface area (Å²) in [5.74, 6) is -0.714. The smallest absolute Gasteiger partial charge is 0.187 e. The van der Waals surface area contributed by atoms with E-state index in [9.17, 15) is 4.79 Å². The van der Waals surface area contributed by atoms with Crippen LogP contribution >= 0.6 is 0 Å². The van der Waals surface area contributed by atoms with E-state index < -0.39 is 24.3 Å². The van der Waals surface area contributed by atoms with Gasteiger partial charge in [0.1, 0.15) is 18.3 Å². The maximum absolute atomic E-state index is 11.1. The quantitative estimate of drug-likeness (QED) is 0.784. The Kier molecular flexibility index (Phi) is 3.60. The second kappa shape index (κ2) is 5.26. The van der Waals surface area contributed by atoms with Gasteiger partial charge < -0.3 is 23.7 Å². The van der Waals surface area contributed by atoms with Gasteiger partial charge in [0.2, 0.25) is 0 Å². The highest BCUT2D eigenvalue weighted by Crippen LogP contribution is 2.38. The van der Waals surface area contributed by atoms with E-state index in [1.54, 1.807) is 0 Å². The Morgan fingerprint density at radius 2 is 1.90 bits per heavy atom. The van der Waals surface area contributed by atoms with Gasteiger partial charge in [0.25, 0.3) is 0 Å². The topological polar surface area (TPSA) is 54.0 Å². The van der Waals surface area contributed by atoms with Crippen LogP contribution < -0.4 is 0 Å². The number of hydrogen-bond donors (Lipinski definition) is 0. The number of carbonyl (C=O) groups excluding carboxylic acids is 1. The first kappa shape index (κ1) is 13.7. The Morgan fingerprint density at radius 1 is 1.20 bits per heavy atom. The van der Waals surface area contributed by atoms with Crippen molar-refractivity contribution in [1.82, 2.24) is 0 Å². The normalized spacial score (nSPS) is 34.9. The molecule has 1 aromatic rings. The SMILES string of the molecule is CC1(C)O[C@@H]2[C@@H](O1)[C@@H](OCc1ccccc1)O[C@@H]2C=O. The van der Waals surface area contributed by atoms with Gasteiger partial charge in [-0.25, -0.2) is 0 Å². The summed E-state index contributed by atoms with van der Waals surface area (Å²) < 4.78 is 22.8. The molecule has 2 aliphatic heterocycles. The second-order valence-electron chi connectivity index (χ2n) is 5.47. The van der Waals surface area contributed by atoms with Gasteiger partial charge in [-0.15, -0.1) is 0 Å². The molecule has 5 nitrogen and oxygen atoms in total.